The van der Waals surface area contributed by atoms with E-state index in [2.05, 4.69) is 10.6 Å². The summed E-state index contributed by atoms with van der Waals surface area (Å²) < 4.78 is 5.34. The van der Waals surface area contributed by atoms with E-state index in [-0.39, 0.29) is 13.0 Å². The molecule has 2 unspecified atom stereocenters. The van der Waals surface area contributed by atoms with Crippen LogP contribution in [0.15, 0.2) is 42.5 Å². The second kappa shape index (κ2) is 11.0. The number of rotatable bonds is 6. The van der Waals surface area contributed by atoms with Gasteiger partial charge >= 0.3 is 12.1 Å². The molecule has 0 aromatic heterocycles. The number of hydrogen-bond donors (Lipinski definition) is 3. The van der Waals surface area contributed by atoms with Crippen LogP contribution in [0.3, 0.4) is 0 Å². The van der Waals surface area contributed by atoms with Crippen LogP contribution in [0.25, 0.3) is 0 Å². The molecule has 10 heteroatoms. The number of amides is 3. The first-order valence-electron chi connectivity index (χ1n) is 11.5. The van der Waals surface area contributed by atoms with Gasteiger partial charge in [0.15, 0.2) is 0 Å². The summed E-state index contributed by atoms with van der Waals surface area (Å²) in [6.45, 7) is 6.90. The van der Waals surface area contributed by atoms with Gasteiger partial charge in [0.25, 0.3) is 0 Å². The van der Waals surface area contributed by atoms with Gasteiger partial charge in [0.1, 0.15) is 17.7 Å². The van der Waals surface area contributed by atoms with E-state index in [0.717, 1.165) is 21.6 Å². The Bertz CT molecular complexity index is 1180. The summed E-state index contributed by atoms with van der Waals surface area (Å²) in [4.78, 5) is 51.9. The Hall–Kier alpha value is -3.59. The van der Waals surface area contributed by atoms with Crippen LogP contribution < -0.4 is 10.6 Å². The number of hydrogen-bond acceptors (Lipinski definition) is 5. The van der Waals surface area contributed by atoms with Crippen LogP contribution in [0, 0.1) is 6.92 Å². The minimum Gasteiger partial charge on any atom is -0.465 e. The molecule has 0 radical (unpaired) electrons. The van der Waals surface area contributed by atoms with Crippen molar-refractivity contribution >= 4 is 41.2 Å². The SMILES string of the molecule is Cc1cc(NC(=O)C(CC(=O)OC(C)(C)C)NC(=O)C2Cc3ccccc3CN2C(=O)O)ccc1Cl. The van der Waals surface area contributed by atoms with Crippen LogP contribution in [0.2, 0.25) is 5.02 Å². The van der Waals surface area contributed by atoms with Gasteiger partial charge in [-0.1, -0.05) is 35.9 Å². The van der Waals surface area contributed by atoms with E-state index >= 15 is 0 Å². The molecule has 192 valence electrons. The molecule has 1 heterocycles. The van der Waals surface area contributed by atoms with E-state index in [1.54, 1.807) is 52.0 Å². The molecule has 0 spiro atoms. The van der Waals surface area contributed by atoms with E-state index in [9.17, 15) is 24.3 Å². The Morgan fingerprint density at radius 2 is 1.81 bits per heavy atom. The quantitative estimate of drug-likeness (QED) is 0.501. The van der Waals surface area contributed by atoms with Crippen LogP contribution in [-0.2, 0) is 32.1 Å². The van der Waals surface area contributed by atoms with Gasteiger partial charge in [-0.15, -0.1) is 0 Å². The van der Waals surface area contributed by atoms with Crippen LogP contribution >= 0.6 is 11.6 Å². The van der Waals surface area contributed by atoms with Crippen LogP contribution in [0.1, 0.15) is 43.9 Å². The fraction of sp³-hybridized carbons (Fsp3) is 0.385. The molecule has 2 aromatic rings. The number of nitrogens with one attached hydrogen (secondary N) is 2. The molecule has 0 saturated heterocycles. The van der Waals surface area contributed by atoms with Crippen molar-refractivity contribution in [2.75, 3.05) is 5.32 Å². The van der Waals surface area contributed by atoms with Crippen molar-refractivity contribution in [1.29, 1.82) is 0 Å². The molecule has 0 fully saturated rings. The monoisotopic (exact) mass is 515 g/mol. The standard InChI is InChI=1S/C26H30ClN3O6/c1-15-11-18(9-10-19(15)27)28-23(32)20(13-22(31)36-26(2,3)4)29-24(33)21-12-16-7-5-6-8-17(16)14-30(21)25(34)35/h5-11,20-21H,12-14H2,1-4H3,(H,28,32)(H,29,33)(H,34,35). The third-order valence-corrected chi connectivity index (χ3v) is 6.07. The molecule has 0 aliphatic carbocycles. The van der Waals surface area contributed by atoms with E-state index in [1.807, 2.05) is 18.2 Å². The van der Waals surface area contributed by atoms with Crippen molar-refractivity contribution in [1.82, 2.24) is 10.2 Å². The van der Waals surface area contributed by atoms with E-state index in [0.29, 0.717) is 10.7 Å². The van der Waals surface area contributed by atoms with Gasteiger partial charge in [0.2, 0.25) is 11.8 Å². The summed E-state index contributed by atoms with van der Waals surface area (Å²) in [5, 5.41) is 15.5. The topological polar surface area (TPSA) is 125 Å². The predicted molar refractivity (Wildman–Crippen MR) is 135 cm³/mol. The maximum Gasteiger partial charge on any atom is 0.408 e. The number of ether oxygens (including phenoxy) is 1. The molecule has 2 atom stereocenters. The zero-order chi connectivity index (χ0) is 26.6. The maximum atomic E-state index is 13.3. The lowest BCUT2D eigenvalue weighted by molar-refractivity contribution is -0.156. The van der Waals surface area contributed by atoms with Crippen LogP contribution in [0.4, 0.5) is 10.5 Å². The average Bonchev–Trinajstić information content (AvgIpc) is 2.78. The lowest BCUT2D eigenvalue weighted by atomic mass is 9.93. The summed E-state index contributed by atoms with van der Waals surface area (Å²) in [6.07, 6.45) is -1.54. The minimum atomic E-state index is -1.30. The van der Waals surface area contributed by atoms with E-state index in [1.165, 1.54) is 0 Å². The lowest BCUT2D eigenvalue weighted by Crippen LogP contribution is -2.56. The number of anilines is 1. The maximum absolute atomic E-state index is 13.3. The number of carbonyl (C=O) groups is 4. The first-order chi connectivity index (χ1) is 16.8. The Kier molecular flexibility index (Phi) is 8.24. The van der Waals surface area contributed by atoms with Crippen molar-refractivity contribution < 1.29 is 29.0 Å². The van der Waals surface area contributed by atoms with E-state index < -0.39 is 48.0 Å². The predicted octanol–water partition coefficient (Wildman–Crippen LogP) is 3.91. The second-order valence-corrected chi connectivity index (χ2v) is 10.1. The number of fused-ring (bicyclic) bond motifs is 1. The largest absolute Gasteiger partial charge is 0.465 e. The molecule has 3 amide bonds. The number of carbonyl (C=O) groups excluding carboxylic acids is 3. The summed E-state index contributed by atoms with van der Waals surface area (Å²) in [6, 6.07) is 9.80. The summed E-state index contributed by atoms with van der Waals surface area (Å²) in [5.41, 5.74) is 2.04. The first-order valence-corrected chi connectivity index (χ1v) is 11.9. The molecular formula is C26H30ClN3O6. The van der Waals surface area contributed by atoms with Crippen molar-refractivity contribution in [2.24, 2.45) is 0 Å². The van der Waals surface area contributed by atoms with Gasteiger partial charge in [-0.05, 0) is 62.6 Å². The number of esters is 1. The van der Waals surface area contributed by atoms with Crippen molar-refractivity contribution in [3.63, 3.8) is 0 Å². The normalized spacial score (nSPS) is 15.9. The van der Waals surface area contributed by atoms with Gasteiger partial charge in [-0.2, -0.15) is 0 Å². The molecule has 0 bridgehead atoms. The van der Waals surface area contributed by atoms with Crippen LogP contribution in [0.5, 0.6) is 0 Å². The Balaban J connectivity index is 1.83. The molecule has 36 heavy (non-hydrogen) atoms. The Morgan fingerprint density at radius 1 is 1.14 bits per heavy atom. The molecular weight excluding hydrogens is 486 g/mol. The zero-order valence-corrected chi connectivity index (χ0v) is 21.4. The van der Waals surface area contributed by atoms with Crippen LogP contribution in [-0.4, -0.2) is 51.6 Å². The zero-order valence-electron chi connectivity index (χ0n) is 20.6. The van der Waals surface area contributed by atoms with Gasteiger partial charge in [-0.25, -0.2) is 4.79 Å². The molecule has 1 aliphatic rings. The first kappa shape index (κ1) is 27.0. The molecule has 3 N–H and O–H groups in total. The van der Waals surface area contributed by atoms with Gasteiger partial charge in [-0.3, -0.25) is 19.3 Å². The van der Waals surface area contributed by atoms with Gasteiger partial charge in [0.05, 0.1) is 13.0 Å². The van der Waals surface area contributed by atoms with E-state index in [4.69, 9.17) is 16.3 Å². The molecule has 9 nitrogen and oxygen atoms in total. The average molecular weight is 516 g/mol. The Morgan fingerprint density at radius 3 is 2.42 bits per heavy atom. The lowest BCUT2D eigenvalue weighted by Gasteiger charge is -2.34. The summed E-state index contributed by atoms with van der Waals surface area (Å²) in [5.74, 6) is -2.00. The fourth-order valence-corrected chi connectivity index (χ4v) is 4.05. The number of aryl methyl sites for hydroxylation is 1. The molecule has 0 saturated carbocycles. The smallest absolute Gasteiger partial charge is 0.408 e. The number of benzene rings is 2. The highest BCUT2D eigenvalue weighted by Crippen LogP contribution is 2.24. The number of nitrogens with zero attached hydrogens (tertiary/aromatic N) is 1. The van der Waals surface area contributed by atoms with Crippen molar-refractivity contribution in [3.8, 4) is 0 Å². The van der Waals surface area contributed by atoms with Crippen molar-refractivity contribution in [3.05, 3.63) is 64.2 Å². The molecule has 3 rings (SSSR count). The third kappa shape index (κ3) is 6.97. The van der Waals surface area contributed by atoms with Gasteiger partial charge < -0.3 is 20.5 Å². The summed E-state index contributed by atoms with van der Waals surface area (Å²) >= 11 is 6.06. The molecule has 2 aromatic carbocycles. The summed E-state index contributed by atoms with van der Waals surface area (Å²) in [7, 11) is 0. The second-order valence-electron chi connectivity index (χ2n) is 9.70. The fourth-order valence-electron chi connectivity index (χ4n) is 3.94. The minimum absolute atomic E-state index is 0.0383. The third-order valence-electron chi connectivity index (χ3n) is 5.65. The molecule has 1 aliphatic heterocycles. The highest BCUT2D eigenvalue weighted by molar-refractivity contribution is 6.31. The van der Waals surface area contributed by atoms with Crippen molar-refractivity contribution in [2.45, 2.75) is 64.8 Å². The highest BCUT2D eigenvalue weighted by Gasteiger charge is 2.37. The highest BCUT2D eigenvalue weighted by atomic mass is 35.5. The Labute approximate surface area is 214 Å². The van der Waals surface area contributed by atoms with Gasteiger partial charge in [0, 0.05) is 17.1 Å². The number of carboxylic acid groups (broad SMARTS) is 1. The number of halogens is 1.